The molecular weight excluding hydrogens is 440 g/mol. The van der Waals surface area contributed by atoms with Gasteiger partial charge >= 0.3 is 0 Å². The lowest BCUT2D eigenvalue weighted by molar-refractivity contribution is 0.234. The van der Waals surface area contributed by atoms with Crippen molar-refractivity contribution >= 4 is 12.2 Å². The van der Waals surface area contributed by atoms with Crippen LogP contribution in [-0.4, -0.2) is 6.61 Å². The van der Waals surface area contributed by atoms with E-state index in [0.29, 0.717) is 13.2 Å². The third-order valence-electron chi connectivity index (χ3n) is 3.19. The molecule has 2 aliphatic rings. The Bertz CT molecular complexity index is 658. The summed E-state index contributed by atoms with van der Waals surface area (Å²) in [6.07, 6.45) is 7.82. The molecule has 0 N–H and O–H groups in total. The molecule has 208 valence electrons. The van der Waals surface area contributed by atoms with Gasteiger partial charge in [-0.2, -0.15) is 0 Å². The van der Waals surface area contributed by atoms with Crippen molar-refractivity contribution in [1.29, 1.82) is 0 Å². The summed E-state index contributed by atoms with van der Waals surface area (Å²) in [7, 11) is 0. The highest BCUT2D eigenvalue weighted by molar-refractivity contribution is 5.58. The fourth-order valence-electron chi connectivity index (χ4n) is 2.15. The van der Waals surface area contributed by atoms with Gasteiger partial charge in [0.25, 0.3) is 0 Å². The van der Waals surface area contributed by atoms with Crippen LogP contribution in [0.3, 0.4) is 0 Å². The van der Waals surface area contributed by atoms with E-state index < -0.39 is 0 Å². The molecule has 0 atom stereocenters. The highest BCUT2D eigenvalue weighted by atomic mass is 16.5. The summed E-state index contributed by atoms with van der Waals surface area (Å²) in [5.74, 6) is 2.66. The molecule has 0 unspecified atom stereocenters. The molecule has 0 aromatic heterocycles. The van der Waals surface area contributed by atoms with Crippen LogP contribution in [-0.2, 0) is 11.3 Å². The molecule has 2 aromatic rings. The number of hydrogen-bond donors (Lipinski definition) is 0. The molecule has 4 rings (SSSR count). The molecule has 2 heterocycles. The third-order valence-corrected chi connectivity index (χ3v) is 3.19. The summed E-state index contributed by atoms with van der Waals surface area (Å²) in [5.41, 5.74) is 3.72. The van der Waals surface area contributed by atoms with Crippen molar-refractivity contribution in [3.63, 3.8) is 0 Å². The molecule has 2 heteroatoms. The van der Waals surface area contributed by atoms with Gasteiger partial charge in [0.05, 0.1) is 6.26 Å². The molecule has 2 nitrogen and oxygen atoms in total. The van der Waals surface area contributed by atoms with E-state index in [1.165, 1.54) is 16.7 Å². The highest BCUT2D eigenvalue weighted by Crippen LogP contribution is 2.21. The molecule has 0 aliphatic carbocycles. The van der Waals surface area contributed by atoms with Crippen molar-refractivity contribution in [2.75, 3.05) is 6.61 Å². The van der Waals surface area contributed by atoms with Gasteiger partial charge < -0.3 is 9.47 Å². The zero-order chi connectivity index (χ0) is 28.8. The smallest absolute Gasteiger partial charge is 0.126 e. The normalized spacial score (nSPS) is 10.4. The molecular formula is C34H60O2. The van der Waals surface area contributed by atoms with Gasteiger partial charge in [0.2, 0.25) is 0 Å². The van der Waals surface area contributed by atoms with E-state index in [-0.39, 0.29) is 0 Å². The van der Waals surface area contributed by atoms with Crippen LogP contribution in [0, 0.1) is 11.8 Å². The molecule has 0 radical (unpaired) electrons. The number of hydrogen-bond acceptors (Lipinski definition) is 2. The number of ether oxygens (including phenoxy) is 2. The van der Waals surface area contributed by atoms with Crippen molar-refractivity contribution < 1.29 is 9.47 Å². The van der Waals surface area contributed by atoms with Gasteiger partial charge in [0.1, 0.15) is 19.0 Å². The Morgan fingerprint density at radius 1 is 0.583 bits per heavy atom. The Morgan fingerprint density at radius 2 is 1.03 bits per heavy atom. The van der Waals surface area contributed by atoms with Crippen LogP contribution in [0.15, 0.2) is 60.9 Å². The Hall–Kier alpha value is -2.48. The Balaban J connectivity index is -0.000000184. The van der Waals surface area contributed by atoms with Gasteiger partial charge in [-0.3, -0.25) is 0 Å². The minimum absolute atomic E-state index is 0.705. The predicted molar refractivity (Wildman–Crippen MR) is 168 cm³/mol. The van der Waals surface area contributed by atoms with Crippen molar-refractivity contribution in [2.45, 2.75) is 104 Å². The van der Waals surface area contributed by atoms with Crippen molar-refractivity contribution in [1.82, 2.24) is 0 Å². The minimum atomic E-state index is 0.705. The van der Waals surface area contributed by atoms with E-state index in [1.807, 2.05) is 104 Å². The largest absolute Gasteiger partial charge is 0.496 e. The first-order valence-corrected chi connectivity index (χ1v) is 14.1. The second-order valence-electron chi connectivity index (χ2n) is 8.03. The molecule has 36 heavy (non-hydrogen) atoms. The van der Waals surface area contributed by atoms with Gasteiger partial charge in [-0.25, -0.2) is 0 Å². The molecule has 0 saturated heterocycles. The number of benzene rings is 2. The van der Waals surface area contributed by atoms with Gasteiger partial charge in [-0.05, 0) is 41.2 Å². The average molecular weight is 501 g/mol. The molecule has 0 bridgehead atoms. The van der Waals surface area contributed by atoms with Gasteiger partial charge in [0, 0.05) is 5.56 Å². The van der Waals surface area contributed by atoms with Crippen LogP contribution in [0.25, 0.3) is 12.2 Å². The van der Waals surface area contributed by atoms with E-state index in [0.717, 1.165) is 17.6 Å². The van der Waals surface area contributed by atoms with Crippen LogP contribution >= 0.6 is 0 Å². The maximum Gasteiger partial charge on any atom is 0.126 e. The summed E-state index contributed by atoms with van der Waals surface area (Å²) in [6.45, 7) is 30.4. The van der Waals surface area contributed by atoms with Crippen molar-refractivity contribution in [3.8, 4) is 5.75 Å². The molecule has 0 spiro atoms. The lowest BCUT2D eigenvalue weighted by Crippen LogP contribution is -1.98. The minimum Gasteiger partial charge on any atom is -0.496 e. The molecule has 2 aliphatic heterocycles. The van der Waals surface area contributed by atoms with Gasteiger partial charge in [-0.1, -0.05) is 145 Å². The lowest BCUT2D eigenvalue weighted by atomic mass is 10.1. The second kappa shape index (κ2) is 32.5. The zero-order valence-electron chi connectivity index (χ0n) is 26.3. The van der Waals surface area contributed by atoms with E-state index in [4.69, 9.17) is 9.47 Å². The maximum atomic E-state index is 5.34. The molecule has 0 amide bonds. The van der Waals surface area contributed by atoms with E-state index >= 15 is 0 Å². The summed E-state index contributed by atoms with van der Waals surface area (Å²) in [4.78, 5) is 0. The van der Waals surface area contributed by atoms with E-state index in [9.17, 15) is 0 Å². The fraction of sp³-hybridized carbons (Fsp3) is 0.529. The van der Waals surface area contributed by atoms with E-state index in [2.05, 4.69) is 59.8 Å². The topological polar surface area (TPSA) is 18.5 Å². The van der Waals surface area contributed by atoms with Crippen LogP contribution in [0.4, 0.5) is 0 Å². The van der Waals surface area contributed by atoms with Crippen LogP contribution in [0.2, 0.25) is 0 Å². The number of rotatable bonds is 0. The Kier molecular flexibility index (Phi) is 36.7. The maximum absolute atomic E-state index is 5.34. The standard InChI is InChI=1S/2C9H8O.2C4H10.4C2H6/c1-2-6-9-8(4-1)5-3-7-10-9;1-2-4-9-7-10-6-5-8(9)3-1;2*1-4(2)3;4*1-2/h2*1-6H,7H2;2*4H,1-3H3;4*1-2H3. The summed E-state index contributed by atoms with van der Waals surface area (Å²) >= 11 is 0. The van der Waals surface area contributed by atoms with Gasteiger partial charge in [-0.15, -0.1) is 0 Å². The lowest BCUT2D eigenvalue weighted by Gasteiger charge is -2.10. The van der Waals surface area contributed by atoms with Gasteiger partial charge in [0.15, 0.2) is 0 Å². The summed E-state index contributed by atoms with van der Waals surface area (Å²) in [6, 6.07) is 16.3. The third kappa shape index (κ3) is 26.1. The van der Waals surface area contributed by atoms with Crippen molar-refractivity contribution in [2.24, 2.45) is 11.8 Å². The molecule has 0 saturated carbocycles. The quantitative estimate of drug-likeness (QED) is 0.358. The summed E-state index contributed by atoms with van der Waals surface area (Å²) < 4.78 is 10.5. The monoisotopic (exact) mass is 500 g/mol. The first-order valence-electron chi connectivity index (χ1n) is 14.1. The first-order chi connectivity index (χ1) is 17.4. The highest BCUT2D eigenvalue weighted by Gasteiger charge is 2.01. The SMILES string of the molecule is C1=Cc2ccccc2CO1.C1=Cc2ccccc2OC1.CC.CC.CC.CC.CC(C)C.CC(C)C. The van der Waals surface area contributed by atoms with Crippen LogP contribution in [0.5, 0.6) is 5.75 Å². The Morgan fingerprint density at radius 3 is 1.50 bits per heavy atom. The number of fused-ring (bicyclic) bond motifs is 2. The van der Waals surface area contributed by atoms with Crippen molar-refractivity contribution in [3.05, 3.63) is 77.6 Å². The van der Waals surface area contributed by atoms with E-state index in [1.54, 1.807) is 6.26 Å². The Labute approximate surface area is 226 Å². The molecule has 0 fully saturated rings. The average Bonchev–Trinajstić information content (AvgIpc) is 2.93. The second-order valence-corrected chi connectivity index (χ2v) is 8.03. The van der Waals surface area contributed by atoms with Crippen LogP contribution < -0.4 is 4.74 Å². The van der Waals surface area contributed by atoms with Crippen LogP contribution in [0.1, 0.15) is 114 Å². The predicted octanol–water partition coefficient (Wildman–Crippen LogP) is 11.7. The fourth-order valence-corrected chi connectivity index (χ4v) is 2.15. The number of para-hydroxylation sites is 1. The zero-order valence-corrected chi connectivity index (χ0v) is 26.3. The molecule has 2 aromatic carbocycles. The first kappa shape index (κ1) is 40.7. The summed E-state index contributed by atoms with van der Waals surface area (Å²) in [5, 5.41) is 0.